The van der Waals surface area contributed by atoms with E-state index >= 15 is 0 Å². The summed E-state index contributed by atoms with van der Waals surface area (Å²) >= 11 is 0. The van der Waals surface area contributed by atoms with Gasteiger partial charge in [0, 0.05) is 11.6 Å². The molecule has 3 aromatic carbocycles. The van der Waals surface area contributed by atoms with Crippen LogP contribution in [0.5, 0.6) is 5.75 Å². The van der Waals surface area contributed by atoms with Crippen molar-refractivity contribution < 1.29 is 17.7 Å². The number of rotatable bonds is 5. The molecule has 0 aliphatic rings. The summed E-state index contributed by atoms with van der Waals surface area (Å²) in [6.07, 6.45) is 0. The maximum Gasteiger partial charge on any atom is 0.238 e. The van der Waals surface area contributed by atoms with Crippen molar-refractivity contribution in [2.75, 3.05) is 7.11 Å². The second-order valence-electron chi connectivity index (χ2n) is 6.83. The number of sulfonamides is 1. The van der Waals surface area contributed by atoms with Gasteiger partial charge in [-0.25, -0.2) is 13.6 Å². The molecule has 152 valence electrons. The van der Waals surface area contributed by atoms with Gasteiger partial charge in [0.15, 0.2) is 5.76 Å². The third-order valence-electron chi connectivity index (χ3n) is 4.82. The average molecular weight is 420 g/mol. The quantitative estimate of drug-likeness (QED) is 0.507. The van der Waals surface area contributed by atoms with Crippen molar-refractivity contribution in [2.24, 2.45) is 5.14 Å². The van der Waals surface area contributed by atoms with E-state index in [-0.39, 0.29) is 4.90 Å². The lowest BCUT2D eigenvalue weighted by molar-refractivity contribution is 0.405. The minimum Gasteiger partial charge on any atom is -0.496 e. The molecule has 0 aliphatic carbocycles. The molecular weight excluding hydrogens is 400 g/mol. The largest absolute Gasteiger partial charge is 0.496 e. The number of hydrogen-bond donors (Lipinski definition) is 1. The fraction of sp³-hybridized carbons (Fsp3) is 0.0870. The van der Waals surface area contributed by atoms with Crippen LogP contribution in [-0.2, 0) is 10.0 Å². The Kier molecular flexibility index (Phi) is 5.15. The van der Waals surface area contributed by atoms with E-state index < -0.39 is 10.0 Å². The zero-order chi connectivity index (χ0) is 21.3. The Morgan fingerprint density at radius 1 is 0.900 bits per heavy atom. The topological polar surface area (TPSA) is 95.4 Å². The van der Waals surface area contributed by atoms with Gasteiger partial charge in [-0.1, -0.05) is 53.7 Å². The van der Waals surface area contributed by atoms with Crippen LogP contribution in [0.25, 0.3) is 33.6 Å². The van der Waals surface area contributed by atoms with E-state index in [1.807, 2.05) is 55.5 Å². The molecular formula is C23H20N2O4S. The van der Waals surface area contributed by atoms with Gasteiger partial charge in [0.25, 0.3) is 0 Å². The number of hydrogen-bond acceptors (Lipinski definition) is 5. The highest BCUT2D eigenvalue weighted by Gasteiger charge is 2.21. The second kappa shape index (κ2) is 7.78. The molecule has 4 rings (SSSR count). The van der Waals surface area contributed by atoms with E-state index in [9.17, 15) is 8.42 Å². The Hall–Kier alpha value is -3.42. The van der Waals surface area contributed by atoms with E-state index in [4.69, 9.17) is 14.4 Å². The number of nitrogens with two attached hydrogens (primary N) is 1. The molecule has 0 saturated heterocycles. The van der Waals surface area contributed by atoms with Gasteiger partial charge in [-0.2, -0.15) is 0 Å². The molecule has 0 atom stereocenters. The average Bonchev–Trinajstić information content (AvgIpc) is 3.18. The van der Waals surface area contributed by atoms with Crippen molar-refractivity contribution >= 4 is 10.0 Å². The molecule has 1 heterocycles. The maximum atomic E-state index is 11.6. The van der Waals surface area contributed by atoms with Crippen molar-refractivity contribution in [1.82, 2.24) is 5.16 Å². The summed E-state index contributed by atoms with van der Waals surface area (Å²) in [6, 6.07) is 22.0. The predicted octanol–water partition coefficient (Wildman–Crippen LogP) is 4.64. The van der Waals surface area contributed by atoms with Crippen LogP contribution in [0, 0.1) is 6.92 Å². The zero-order valence-electron chi connectivity index (χ0n) is 16.5. The van der Waals surface area contributed by atoms with E-state index in [2.05, 4.69) is 5.16 Å². The number of nitrogens with zero attached hydrogens (tertiary/aromatic N) is 1. The lowest BCUT2D eigenvalue weighted by Crippen LogP contribution is -2.11. The van der Waals surface area contributed by atoms with Crippen LogP contribution in [0.3, 0.4) is 0 Å². The van der Waals surface area contributed by atoms with Gasteiger partial charge in [0.1, 0.15) is 5.75 Å². The number of primary sulfonamides is 1. The summed E-state index contributed by atoms with van der Waals surface area (Å²) in [5, 5.41) is 9.28. The molecule has 0 aliphatic heterocycles. The number of methoxy groups -OCH3 is 1. The highest BCUT2D eigenvalue weighted by atomic mass is 32.2. The van der Waals surface area contributed by atoms with Crippen LogP contribution in [0.2, 0.25) is 0 Å². The molecule has 1 aromatic heterocycles. The monoisotopic (exact) mass is 420 g/mol. The third kappa shape index (κ3) is 3.72. The van der Waals surface area contributed by atoms with Gasteiger partial charge >= 0.3 is 0 Å². The number of benzene rings is 3. The van der Waals surface area contributed by atoms with Crippen LogP contribution >= 0.6 is 0 Å². The Labute approximate surface area is 175 Å². The lowest BCUT2D eigenvalue weighted by Gasteiger charge is -2.17. The molecule has 6 nitrogen and oxygen atoms in total. The summed E-state index contributed by atoms with van der Waals surface area (Å²) in [5.41, 5.74) is 5.13. The van der Waals surface area contributed by atoms with Crippen molar-refractivity contribution in [1.29, 1.82) is 0 Å². The van der Waals surface area contributed by atoms with Gasteiger partial charge in [0.05, 0.1) is 23.3 Å². The van der Waals surface area contributed by atoms with Gasteiger partial charge in [0.2, 0.25) is 10.0 Å². The summed E-state index contributed by atoms with van der Waals surface area (Å²) in [5.74, 6) is 1.24. The summed E-state index contributed by atoms with van der Waals surface area (Å²) in [6.45, 7) is 1.86. The first-order valence-corrected chi connectivity index (χ1v) is 10.8. The highest BCUT2D eigenvalue weighted by Crippen LogP contribution is 2.45. The Bertz CT molecular complexity index is 1300. The molecule has 0 fully saturated rings. The smallest absolute Gasteiger partial charge is 0.238 e. The van der Waals surface area contributed by atoms with Crippen molar-refractivity contribution in [3.8, 4) is 39.3 Å². The first-order valence-electron chi connectivity index (χ1n) is 9.22. The van der Waals surface area contributed by atoms with Crippen LogP contribution < -0.4 is 9.88 Å². The second-order valence-corrected chi connectivity index (χ2v) is 8.39. The molecule has 0 bridgehead atoms. The van der Waals surface area contributed by atoms with Crippen molar-refractivity contribution in [3.05, 3.63) is 78.5 Å². The highest BCUT2D eigenvalue weighted by molar-refractivity contribution is 7.89. The lowest BCUT2D eigenvalue weighted by atomic mass is 9.89. The summed E-state index contributed by atoms with van der Waals surface area (Å²) < 4.78 is 34.5. The minimum absolute atomic E-state index is 0.0621. The van der Waals surface area contributed by atoms with E-state index in [1.54, 1.807) is 19.2 Å². The molecule has 0 saturated carbocycles. The molecule has 30 heavy (non-hydrogen) atoms. The first-order chi connectivity index (χ1) is 14.4. The fourth-order valence-corrected chi connectivity index (χ4v) is 3.96. The standard InChI is InChI=1S/C23H20N2O4S/c1-15-14-21(29-25-15)23-20(28-2)13-12-19(22(23)17-6-4-3-5-7-17)16-8-10-18(11-9-16)30(24,26)27/h3-14H,1-2H3,(H2,24,26,27). The van der Waals surface area contributed by atoms with E-state index in [0.717, 1.165) is 33.5 Å². The van der Waals surface area contributed by atoms with Gasteiger partial charge in [-0.15, -0.1) is 0 Å². The molecule has 2 N–H and O–H groups in total. The molecule has 0 amide bonds. The molecule has 0 radical (unpaired) electrons. The Morgan fingerprint density at radius 2 is 1.60 bits per heavy atom. The minimum atomic E-state index is -3.77. The third-order valence-corrected chi connectivity index (χ3v) is 5.75. The fourth-order valence-electron chi connectivity index (χ4n) is 3.45. The van der Waals surface area contributed by atoms with Gasteiger partial charge in [-0.05, 0) is 41.8 Å². The normalized spacial score (nSPS) is 11.4. The first kappa shape index (κ1) is 19.9. The number of aromatic nitrogens is 1. The number of ether oxygens (including phenoxy) is 1. The maximum absolute atomic E-state index is 11.6. The van der Waals surface area contributed by atoms with Crippen LogP contribution in [0.4, 0.5) is 0 Å². The zero-order valence-corrected chi connectivity index (χ0v) is 17.3. The molecule has 4 aromatic rings. The van der Waals surface area contributed by atoms with Crippen molar-refractivity contribution in [3.63, 3.8) is 0 Å². The number of aryl methyl sites for hydroxylation is 1. The van der Waals surface area contributed by atoms with Gasteiger partial charge in [-0.3, -0.25) is 0 Å². The van der Waals surface area contributed by atoms with E-state index in [1.165, 1.54) is 12.1 Å². The summed E-state index contributed by atoms with van der Waals surface area (Å²) in [4.78, 5) is 0.0621. The van der Waals surface area contributed by atoms with Crippen LogP contribution in [-0.4, -0.2) is 20.7 Å². The molecule has 7 heteroatoms. The van der Waals surface area contributed by atoms with Crippen LogP contribution in [0.1, 0.15) is 5.69 Å². The summed E-state index contributed by atoms with van der Waals surface area (Å²) in [7, 11) is -2.16. The Balaban J connectivity index is 2.02. The van der Waals surface area contributed by atoms with Crippen molar-refractivity contribution in [2.45, 2.75) is 11.8 Å². The Morgan fingerprint density at radius 3 is 2.17 bits per heavy atom. The van der Waals surface area contributed by atoms with E-state index in [0.29, 0.717) is 11.5 Å². The predicted molar refractivity (Wildman–Crippen MR) is 115 cm³/mol. The van der Waals surface area contributed by atoms with Gasteiger partial charge < -0.3 is 9.26 Å². The molecule has 0 spiro atoms. The SMILES string of the molecule is COc1ccc(-c2ccc(S(N)(=O)=O)cc2)c(-c2ccccc2)c1-c1cc(C)no1. The van der Waals surface area contributed by atoms with Crippen LogP contribution in [0.15, 0.2) is 82.2 Å². The molecule has 0 unspecified atom stereocenters.